The Labute approximate surface area is 174 Å². The highest BCUT2D eigenvalue weighted by Gasteiger charge is 2.28. The van der Waals surface area contributed by atoms with Gasteiger partial charge in [-0.25, -0.2) is 9.97 Å². The van der Waals surface area contributed by atoms with Crippen molar-refractivity contribution in [3.63, 3.8) is 0 Å². The van der Waals surface area contributed by atoms with Crippen LogP contribution in [0.4, 0.5) is 0 Å². The Balaban J connectivity index is 1.27. The maximum atomic E-state index is 13.1. The number of amides is 1. The molecule has 30 heavy (non-hydrogen) atoms. The summed E-state index contributed by atoms with van der Waals surface area (Å²) in [5, 5.41) is 7.47. The fourth-order valence-electron chi connectivity index (χ4n) is 3.94. The van der Waals surface area contributed by atoms with Crippen molar-refractivity contribution in [3.05, 3.63) is 84.7 Å². The number of carbonyl (C=O) groups excluding carboxylic acids is 1. The predicted octanol–water partition coefficient (Wildman–Crippen LogP) is 3.68. The van der Waals surface area contributed by atoms with Crippen molar-refractivity contribution in [2.45, 2.75) is 18.8 Å². The summed E-state index contributed by atoms with van der Waals surface area (Å²) in [5.41, 5.74) is 2.52. The van der Waals surface area contributed by atoms with Crippen LogP contribution in [-0.2, 0) is 0 Å². The van der Waals surface area contributed by atoms with E-state index in [-0.39, 0.29) is 11.8 Å². The number of nitrogens with one attached hydrogen (secondary N) is 1. The van der Waals surface area contributed by atoms with Crippen LogP contribution < -0.4 is 0 Å². The molecule has 1 amide bonds. The number of H-pyrrole nitrogens is 1. The average molecular weight is 398 g/mol. The number of para-hydroxylation sites is 1. The Bertz CT molecular complexity index is 1130. The first-order chi connectivity index (χ1) is 14.8. The molecule has 7 heteroatoms. The molecule has 3 heterocycles. The molecule has 0 aliphatic carbocycles. The highest BCUT2D eigenvalue weighted by atomic mass is 16.2. The normalized spacial score (nSPS) is 14.7. The molecule has 4 aromatic rings. The van der Waals surface area contributed by atoms with E-state index in [9.17, 15) is 4.79 Å². The number of benzene rings is 2. The summed E-state index contributed by atoms with van der Waals surface area (Å²) in [6.45, 7) is 1.37. The van der Waals surface area contributed by atoms with E-state index < -0.39 is 0 Å². The summed E-state index contributed by atoms with van der Waals surface area (Å²) in [6.07, 6.45) is 5.04. The third-order valence-electron chi connectivity index (χ3n) is 5.60. The average Bonchev–Trinajstić information content (AvgIpc) is 3.50. The molecule has 1 saturated heterocycles. The molecular formula is C23H22N6O. The summed E-state index contributed by atoms with van der Waals surface area (Å²) in [5.74, 6) is 1.90. The standard InChI is InChI=1S/C23H22N6O/c30-23(20-15-24-16-29(20)19-9-5-2-6-10-19)28-13-11-18(12-14-28)22-25-21(26-27-22)17-7-3-1-4-8-17/h1-10,15-16,18H,11-14H2,(H,25,26,27). The van der Waals surface area contributed by atoms with Crippen LogP contribution in [0.5, 0.6) is 0 Å². The van der Waals surface area contributed by atoms with Crippen LogP contribution in [-0.4, -0.2) is 48.6 Å². The minimum absolute atomic E-state index is 0.0114. The monoisotopic (exact) mass is 398 g/mol. The Morgan fingerprint density at radius 2 is 1.67 bits per heavy atom. The summed E-state index contributed by atoms with van der Waals surface area (Å²) < 4.78 is 1.84. The molecule has 1 N–H and O–H groups in total. The van der Waals surface area contributed by atoms with Crippen LogP contribution in [0, 0.1) is 0 Å². The van der Waals surface area contributed by atoms with Crippen molar-refractivity contribution in [2.75, 3.05) is 13.1 Å². The predicted molar refractivity (Wildman–Crippen MR) is 113 cm³/mol. The zero-order chi connectivity index (χ0) is 20.3. The number of rotatable bonds is 4. The summed E-state index contributed by atoms with van der Waals surface area (Å²) in [6, 6.07) is 19.8. The minimum Gasteiger partial charge on any atom is -0.337 e. The van der Waals surface area contributed by atoms with E-state index in [4.69, 9.17) is 4.98 Å². The topological polar surface area (TPSA) is 79.7 Å². The zero-order valence-electron chi connectivity index (χ0n) is 16.5. The number of hydrogen-bond acceptors (Lipinski definition) is 4. The van der Waals surface area contributed by atoms with Gasteiger partial charge in [-0.2, -0.15) is 5.10 Å². The van der Waals surface area contributed by atoms with Gasteiger partial charge in [0.15, 0.2) is 5.82 Å². The molecule has 1 aliphatic rings. The lowest BCUT2D eigenvalue weighted by Crippen LogP contribution is -2.38. The smallest absolute Gasteiger partial charge is 0.272 e. The molecule has 0 radical (unpaired) electrons. The van der Waals surface area contributed by atoms with Crippen molar-refractivity contribution in [1.29, 1.82) is 0 Å². The van der Waals surface area contributed by atoms with Crippen molar-refractivity contribution < 1.29 is 4.79 Å². The minimum atomic E-state index is 0.0114. The van der Waals surface area contributed by atoms with Crippen LogP contribution >= 0.6 is 0 Å². The van der Waals surface area contributed by atoms with E-state index in [0.717, 1.165) is 35.7 Å². The van der Waals surface area contributed by atoms with Crippen LogP contribution in [0.2, 0.25) is 0 Å². The molecule has 5 rings (SSSR count). The van der Waals surface area contributed by atoms with Gasteiger partial charge < -0.3 is 4.90 Å². The van der Waals surface area contributed by atoms with E-state index in [2.05, 4.69) is 15.2 Å². The van der Waals surface area contributed by atoms with E-state index in [1.54, 1.807) is 12.5 Å². The van der Waals surface area contributed by atoms with E-state index in [1.165, 1.54) is 0 Å². The molecule has 150 valence electrons. The van der Waals surface area contributed by atoms with E-state index >= 15 is 0 Å². The first-order valence-electron chi connectivity index (χ1n) is 10.1. The lowest BCUT2D eigenvalue weighted by molar-refractivity contribution is 0.0703. The molecule has 0 atom stereocenters. The molecular weight excluding hydrogens is 376 g/mol. The molecule has 1 aliphatic heterocycles. The van der Waals surface area contributed by atoms with E-state index in [0.29, 0.717) is 18.8 Å². The van der Waals surface area contributed by atoms with Crippen molar-refractivity contribution in [2.24, 2.45) is 0 Å². The van der Waals surface area contributed by atoms with Crippen molar-refractivity contribution >= 4 is 5.91 Å². The van der Waals surface area contributed by atoms with Gasteiger partial charge in [-0.05, 0) is 25.0 Å². The number of carbonyl (C=O) groups is 1. The number of imidazole rings is 1. The second-order valence-corrected chi connectivity index (χ2v) is 7.46. The molecule has 2 aromatic heterocycles. The first kappa shape index (κ1) is 18.3. The van der Waals surface area contributed by atoms with Crippen molar-refractivity contribution in [1.82, 2.24) is 29.6 Å². The Hall–Kier alpha value is -3.74. The first-order valence-corrected chi connectivity index (χ1v) is 10.1. The van der Waals surface area contributed by atoms with Gasteiger partial charge in [0.05, 0.1) is 12.5 Å². The fourth-order valence-corrected chi connectivity index (χ4v) is 3.94. The van der Waals surface area contributed by atoms with Gasteiger partial charge >= 0.3 is 0 Å². The molecule has 0 spiro atoms. The molecule has 0 bridgehead atoms. The summed E-state index contributed by atoms with van der Waals surface area (Å²) in [4.78, 5) is 23.9. The number of likely N-dealkylation sites (tertiary alicyclic amines) is 1. The Morgan fingerprint density at radius 3 is 2.40 bits per heavy atom. The Kier molecular flexibility index (Phi) is 4.85. The molecule has 1 fully saturated rings. The van der Waals surface area contributed by atoms with E-state index in [1.807, 2.05) is 70.1 Å². The van der Waals surface area contributed by atoms with Crippen LogP contribution in [0.3, 0.4) is 0 Å². The van der Waals surface area contributed by atoms with Gasteiger partial charge in [0, 0.05) is 30.3 Å². The number of piperidine rings is 1. The van der Waals surface area contributed by atoms with Gasteiger partial charge in [-0.3, -0.25) is 14.5 Å². The van der Waals surface area contributed by atoms with Gasteiger partial charge in [0.2, 0.25) is 0 Å². The molecule has 0 saturated carbocycles. The highest BCUT2D eigenvalue weighted by Crippen LogP contribution is 2.28. The van der Waals surface area contributed by atoms with Gasteiger partial charge in [-0.1, -0.05) is 48.5 Å². The highest BCUT2D eigenvalue weighted by molar-refractivity contribution is 5.93. The second kappa shape index (κ2) is 7.94. The number of nitrogens with zero attached hydrogens (tertiary/aromatic N) is 5. The largest absolute Gasteiger partial charge is 0.337 e. The quantitative estimate of drug-likeness (QED) is 0.569. The third kappa shape index (κ3) is 3.50. The van der Waals surface area contributed by atoms with Gasteiger partial charge in [-0.15, -0.1) is 0 Å². The van der Waals surface area contributed by atoms with Gasteiger partial charge in [0.25, 0.3) is 5.91 Å². The third-order valence-corrected chi connectivity index (χ3v) is 5.60. The Morgan fingerprint density at radius 1 is 0.967 bits per heavy atom. The van der Waals surface area contributed by atoms with Crippen LogP contribution in [0.15, 0.2) is 73.2 Å². The number of hydrogen-bond donors (Lipinski definition) is 1. The zero-order valence-corrected chi connectivity index (χ0v) is 16.5. The molecule has 7 nitrogen and oxygen atoms in total. The number of aromatic nitrogens is 5. The van der Waals surface area contributed by atoms with Crippen molar-refractivity contribution in [3.8, 4) is 17.1 Å². The van der Waals surface area contributed by atoms with Crippen LogP contribution in [0.1, 0.15) is 35.1 Å². The fraction of sp³-hybridized carbons (Fsp3) is 0.217. The number of aromatic amines is 1. The molecule has 2 aromatic carbocycles. The summed E-state index contributed by atoms with van der Waals surface area (Å²) >= 11 is 0. The maximum absolute atomic E-state index is 13.1. The second-order valence-electron chi connectivity index (χ2n) is 7.46. The van der Waals surface area contributed by atoms with Crippen LogP contribution in [0.25, 0.3) is 17.1 Å². The summed E-state index contributed by atoms with van der Waals surface area (Å²) in [7, 11) is 0. The van der Waals surface area contributed by atoms with Gasteiger partial charge in [0.1, 0.15) is 11.5 Å². The maximum Gasteiger partial charge on any atom is 0.272 e. The SMILES string of the molecule is O=C(c1cncn1-c1ccccc1)N1CCC(c2nc(-c3ccccc3)n[nH]2)CC1. The molecule has 0 unspecified atom stereocenters. The lowest BCUT2D eigenvalue weighted by atomic mass is 9.96. The lowest BCUT2D eigenvalue weighted by Gasteiger charge is -2.31.